The van der Waals surface area contributed by atoms with E-state index in [9.17, 15) is 5.11 Å². The Kier molecular flexibility index (Phi) is 16.2. The Morgan fingerprint density at radius 3 is 1.52 bits per heavy atom. The summed E-state index contributed by atoms with van der Waals surface area (Å²) in [6.07, 6.45) is 16.3. The minimum Gasteiger partial charge on any atom is -0.378 e. The Hall–Kier alpha value is -0.0800. The van der Waals surface area contributed by atoms with Crippen molar-refractivity contribution in [2.24, 2.45) is 0 Å². The maximum Gasteiger partial charge on any atom is 0.107 e. The molecular weight excluding hydrogens is 258 g/mol. The van der Waals surface area contributed by atoms with Crippen LogP contribution >= 0.6 is 0 Å². The topological polar surface area (TPSA) is 23.5 Å². The lowest BCUT2D eigenvalue weighted by molar-refractivity contribution is -0.00571. The van der Waals surface area contributed by atoms with Crippen molar-refractivity contribution in [2.45, 2.75) is 110 Å². The normalized spacial score (nSPS) is 13.0. The molecular formula is C19H41NO. The summed E-state index contributed by atoms with van der Waals surface area (Å²) in [5, 5.41) is 10.4. The van der Waals surface area contributed by atoms with Gasteiger partial charge < -0.3 is 5.11 Å². The average molecular weight is 300 g/mol. The Balaban J connectivity index is 3.63. The Morgan fingerprint density at radius 2 is 1.05 bits per heavy atom. The zero-order chi connectivity index (χ0) is 15.8. The van der Waals surface area contributed by atoms with Crippen LogP contribution in [0.25, 0.3) is 0 Å². The molecule has 2 nitrogen and oxygen atoms in total. The van der Waals surface area contributed by atoms with Crippen LogP contribution < -0.4 is 0 Å². The highest BCUT2D eigenvalue weighted by Gasteiger charge is 2.13. The van der Waals surface area contributed by atoms with E-state index in [4.69, 9.17) is 0 Å². The Bertz CT molecular complexity index is 188. The van der Waals surface area contributed by atoms with Gasteiger partial charge in [0.25, 0.3) is 0 Å². The third kappa shape index (κ3) is 13.3. The molecule has 0 aliphatic heterocycles. The molecule has 0 aromatic rings. The molecule has 0 saturated heterocycles. The standard InChI is InChI=1S/C19H41NO/c1-4-7-10-11-12-13-14-15-16-19(21)20(17-8-5-2)18-9-6-3/h19,21H,4-18H2,1-3H3. The lowest BCUT2D eigenvalue weighted by Gasteiger charge is -2.27. The van der Waals surface area contributed by atoms with E-state index in [0.29, 0.717) is 0 Å². The number of unbranched alkanes of at least 4 members (excludes halogenated alkanes) is 9. The molecule has 0 spiro atoms. The van der Waals surface area contributed by atoms with Gasteiger partial charge in [0.1, 0.15) is 6.23 Å². The highest BCUT2D eigenvalue weighted by atomic mass is 16.3. The van der Waals surface area contributed by atoms with Gasteiger partial charge in [-0.25, -0.2) is 0 Å². The second-order valence-corrected chi connectivity index (χ2v) is 6.49. The van der Waals surface area contributed by atoms with Crippen LogP contribution in [0.4, 0.5) is 0 Å². The molecule has 128 valence electrons. The molecule has 1 N–H and O–H groups in total. The Labute approximate surface area is 134 Å². The van der Waals surface area contributed by atoms with Gasteiger partial charge in [-0.05, 0) is 25.7 Å². The predicted molar refractivity (Wildman–Crippen MR) is 94.6 cm³/mol. The van der Waals surface area contributed by atoms with E-state index in [2.05, 4.69) is 25.7 Å². The molecule has 0 saturated carbocycles. The monoisotopic (exact) mass is 299 g/mol. The summed E-state index contributed by atoms with van der Waals surface area (Å²) in [6.45, 7) is 8.85. The number of nitrogens with zero attached hydrogens (tertiary/aromatic N) is 1. The first-order valence-electron chi connectivity index (χ1n) is 9.68. The van der Waals surface area contributed by atoms with Crippen LogP contribution in [0.3, 0.4) is 0 Å². The zero-order valence-electron chi connectivity index (χ0n) is 15.1. The zero-order valence-corrected chi connectivity index (χ0v) is 15.1. The predicted octanol–water partition coefficient (Wildman–Crippen LogP) is 5.74. The maximum atomic E-state index is 10.4. The second kappa shape index (κ2) is 16.3. The molecule has 0 heterocycles. The number of aliphatic hydroxyl groups excluding tert-OH is 1. The van der Waals surface area contributed by atoms with E-state index >= 15 is 0 Å². The van der Waals surface area contributed by atoms with E-state index in [0.717, 1.165) is 19.5 Å². The van der Waals surface area contributed by atoms with Crippen LogP contribution in [0.15, 0.2) is 0 Å². The van der Waals surface area contributed by atoms with Crippen molar-refractivity contribution in [2.75, 3.05) is 13.1 Å². The molecule has 0 bridgehead atoms. The summed E-state index contributed by atoms with van der Waals surface area (Å²) in [7, 11) is 0. The van der Waals surface area contributed by atoms with Gasteiger partial charge in [-0.3, -0.25) is 4.90 Å². The lowest BCUT2D eigenvalue weighted by Crippen LogP contribution is -2.36. The molecule has 0 radical (unpaired) electrons. The molecule has 2 heteroatoms. The summed E-state index contributed by atoms with van der Waals surface area (Å²) in [5.74, 6) is 0. The summed E-state index contributed by atoms with van der Waals surface area (Å²) >= 11 is 0. The van der Waals surface area contributed by atoms with Gasteiger partial charge in [0.2, 0.25) is 0 Å². The third-order valence-corrected chi connectivity index (χ3v) is 4.34. The highest BCUT2D eigenvalue weighted by Crippen LogP contribution is 2.13. The van der Waals surface area contributed by atoms with Gasteiger partial charge in [-0.2, -0.15) is 0 Å². The smallest absolute Gasteiger partial charge is 0.107 e. The van der Waals surface area contributed by atoms with Crippen molar-refractivity contribution in [1.82, 2.24) is 4.90 Å². The van der Waals surface area contributed by atoms with Crippen molar-refractivity contribution in [3.63, 3.8) is 0 Å². The van der Waals surface area contributed by atoms with Crippen molar-refractivity contribution < 1.29 is 5.11 Å². The summed E-state index contributed by atoms with van der Waals surface area (Å²) in [6, 6.07) is 0. The second-order valence-electron chi connectivity index (χ2n) is 6.49. The van der Waals surface area contributed by atoms with Crippen LogP contribution in [0.2, 0.25) is 0 Å². The molecule has 0 rings (SSSR count). The van der Waals surface area contributed by atoms with Gasteiger partial charge in [0.15, 0.2) is 0 Å². The van der Waals surface area contributed by atoms with Crippen LogP contribution in [0, 0.1) is 0 Å². The summed E-state index contributed by atoms with van der Waals surface area (Å²) < 4.78 is 0. The van der Waals surface area contributed by atoms with Crippen LogP contribution in [0.1, 0.15) is 104 Å². The minimum absolute atomic E-state index is 0.205. The quantitative estimate of drug-likeness (QED) is 0.290. The maximum absolute atomic E-state index is 10.4. The van der Waals surface area contributed by atoms with Crippen LogP contribution in [-0.2, 0) is 0 Å². The molecule has 0 fully saturated rings. The lowest BCUT2D eigenvalue weighted by atomic mass is 10.1. The van der Waals surface area contributed by atoms with Gasteiger partial charge in [-0.1, -0.05) is 78.6 Å². The summed E-state index contributed by atoms with van der Waals surface area (Å²) in [4.78, 5) is 2.30. The first kappa shape index (κ1) is 20.9. The average Bonchev–Trinajstić information content (AvgIpc) is 2.50. The number of aliphatic hydroxyl groups is 1. The molecule has 21 heavy (non-hydrogen) atoms. The van der Waals surface area contributed by atoms with Gasteiger partial charge >= 0.3 is 0 Å². The van der Waals surface area contributed by atoms with Crippen molar-refractivity contribution >= 4 is 0 Å². The molecule has 0 aliphatic carbocycles. The molecule has 0 aliphatic rings. The molecule has 1 atom stereocenters. The third-order valence-electron chi connectivity index (χ3n) is 4.34. The van der Waals surface area contributed by atoms with Crippen molar-refractivity contribution in [3.05, 3.63) is 0 Å². The van der Waals surface area contributed by atoms with E-state index in [1.165, 1.54) is 77.0 Å². The van der Waals surface area contributed by atoms with Gasteiger partial charge in [0.05, 0.1) is 0 Å². The van der Waals surface area contributed by atoms with Gasteiger partial charge in [0, 0.05) is 13.1 Å². The van der Waals surface area contributed by atoms with E-state index < -0.39 is 0 Å². The van der Waals surface area contributed by atoms with E-state index in [-0.39, 0.29) is 6.23 Å². The molecule has 0 aromatic carbocycles. The Morgan fingerprint density at radius 1 is 0.619 bits per heavy atom. The molecule has 0 amide bonds. The first-order chi connectivity index (χ1) is 10.3. The SMILES string of the molecule is CCCCCCCCCCC(O)N(CCCC)CCCC. The van der Waals surface area contributed by atoms with Crippen molar-refractivity contribution in [3.8, 4) is 0 Å². The molecule has 0 aromatic heterocycles. The summed E-state index contributed by atoms with van der Waals surface area (Å²) in [5.41, 5.74) is 0. The van der Waals surface area contributed by atoms with Gasteiger partial charge in [-0.15, -0.1) is 0 Å². The fourth-order valence-electron chi connectivity index (χ4n) is 2.78. The number of hydrogen-bond donors (Lipinski definition) is 1. The van der Waals surface area contributed by atoms with Crippen LogP contribution in [0.5, 0.6) is 0 Å². The number of rotatable bonds is 16. The highest BCUT2D eigenvalue weighted by molar-refractivity contribution is 4.63. The van der Waals surface area contributed by atoms with E-state index in [1.54, 1.807) is 0 Å². The largest absolute Gasteiger partial charge is 0.378 e. The minimum atomic E-state index is -0.205. The fourth-order valence-corrected chi connectivity index (χ4v) is 2.78. The fraction of sp³-hybridized carbons (Fsp3) is 1.00. The number of hydrogen-bond acceptors (Lipinski definition) is 2. The van der Waals surface area contributed by atoms with Crippen molar-refractivity contribution in [1.29, 1.82) is 0 Å². The molecule has 1 unspecified atom stereocenters. The first-order valence-corrected chi connectivity index (χ1v) is 9.68. The van der Waals surface area contributed by atoms with Crippen LogP contribution in [-0.4, -0.2) is 29.3 Å². The van der Waals surface area contributed by atoms with E-state index in [1.807, 2.05) is 0 Å².